The fourth-order valence-corrected chi connectivity index (χ4v) is 4.69. The van der Waals surface area contributed by atoms with Crippen LogP contribution in [0.15, 0.2) is 71.2 Å². The molecule has 0 spiro atoms. The zero-order chi connectivity index (χ0) is 18.2. The molecule has 1 N–H and O–H groups in total. The van der Waals surface area contributed by atoms with E-state index in [1.807, 2.05) is 26.9 Å². The summed E-state index contributed by atoms with van der Waals surface area (Å²) in [6.07, 6.45) is 3.73. The fraction of sp³-hybridized carbons (Fsp3) is 0.100. The Labute approximate surface area is 169 Å². The number of anilines is 1. The predicted octanol–water partition coefficient (Wildman–Crippen LogP) is 5.54. The predicted molar refractivity (Wildman–Crippen MR) is 115 cm³/mol. The van der Waals surface area contributed by atoms with Gasteiger partial charge in [0.25, 0.3) is 0 Å². The molecule has 0 amide bonds. The average molecular weight is 438 g/mol. The number of nitrogens with one attached hydrogen (secondary N) is 1. The standard InChI is InChI=1S/C20H16BrN5S/c21-25-13-22-17-8-9-27-19(17)20(25)24-16-6-7-18-15(10-16)11-23-26(18)12-14-4-2-1-3-5-14/h1-11,13,20,24H,12H2. The third kappa shape index (κ3) is 3.13. The topological polar surface area (TPSA) is 45.4 Å². The number of fused-ring (bicyclic) bond motifs is 2. The van der Waals surface area contributed by atoms with Gasteiger partial charge in [-0.1, -0.05) is 30.3 Å². The number of benzene rings is 2. The minimum atomic E-state index is 0.00862. The van der Waals surface area contributed by atoms with Gasteiger partial charge in [0.1, 0.15) is 12.5 Å². The highest BCUT2D eigenvalue weighted by atomic mass is 79.9. The van der Waals surface area contributed by atoms with E-state index in [4.69, 9.17) is 0 Å². The number of thiophene rings is 1. The van der Waals surface area contributed by atoms with E-state index < -0.39 is 0 Å². The Hall–Kier alpha value is -2.64. The van der Waals surface area contributed by atoms with Gasteiger partial charge in [0.05, 0.1) is 45.0 Å². The zero-order valence-corrected chi connectivity index (χ0v) is 16.7. The van der Waals surface area contributed by atoms with Crippen molar-refractivity contribution in [3.05, 3.63) is 76.6 Å². The number of aliphatic imine (C=N–C) groups is 1. The summed E-state index contributed by atoms with van der Waals surface area (Å²) >= 11 is 5.27. The Morgan fingerprint density at radius 1 is 1.11 bits per heavy atom. The monoisotopic (exact) mass is 437 g/mol. The first kappa shape index (κ1) is 16.5. The van der Waals surface area contributed by atoms with Crippen LogP contribution in [0.2, 0.25) is 0 Å². The summed E-state index contributed by atoms with van der Waals surface area (Å²) in [5, 5.41) is 11.3. The summed E-state index contributed by atoms with van der Waals surface area (Å²) in [7, 11) is 0. The quantitative estimate of drug-likeness (QED) is 0.426. The first-order valence-corrected chi connectivity index (χ1v) is 10.2. The van der Waals surface area contributed by atoms with Crippen LogP contribution in [0.5, 0.6) is 0 Å². The van der Waals surface area contributed by atoms with Crippen molar-refractivity contribution in [1.29, 1.82) is 0 Å². The van der Waals surface area contributed by atoms with E-state index in [1.165, 1.54) is 10.4 Å². The second-order valence-corrected chi connectivity index (χ2v) is 8.13. The van der Waals surface area contributed by atoms with Gasteiger partial charge in [0.2, 0.25) is 0 Å². The summed E-state index contributed by atoms with van der Waals surface area (Å²) in [6, 6.07) is 18.8. The maximum absolute atomic E-state index is 4.57. The van der Waals surface area contributed by atoms with E-state index >= 15 is 0 Å². The van der Waals surface area contributed by atoms with Crippen LogP contribution >= 0.6 is 27.5 Å². The van der Waals surface area contributed by atoms with E-state index in [9.17, 15) is 0 Å². The molecule has 27 heavy (non-hydrogen) atoms. The van der Waals surface area contributed by atoms with Crippen molar-refractivity contribution in [3.8, 4) is 0 Å². The molecule has 0 radical (unpaired) electrons. The molecule has 5 rings (SSSR count). The van der Waals surface area contributed by atoms with Gasteiger partial charge in [0.15, 0.2) is 0 Å². The van der Waals surface area contributed by atoms with Crippen molar-refractivity contribution < 1.29 is 0 Å². The number of hydrogen-bond donors (Lipinski definition) is 1. The molecule has 1 aliphatic heterocycles. The molecule has 4 aromatic rings. The highest BCUT2D eigenvalue weighted by molar-refractivity contribution is 9.07. The van der Waals surface area contributed by atoms with Crippen LogP contribution in [0.1, 0.15) is 16.6 Å². The smallest absolute Gasteiger partial charge is 0.148 e. The van der Waals surface area contributed by atoms with Crippen LogP contribution in [0.25, 0.3) is 10.9 Å². The SMILES string of the molecule is BrN1C=Nc2ccsc2C1Nc1ccc2c(cnn2Cc2ccccc2)c1. The molecule has 134 valence electrons. The molecule has 1 unspecified atom stereocenters. The van der Waals surface area contributed by atoms with Crippen molar-refractivity contribution in [2.75, 3.05) is 5.32 Å². The lowest BCUT2D eigenvalue weighted by molar-refractivity contribution is 0.578. The molecule has 2 aromatic heterocycles. The summed E-state index contributed by atoms with van der Waals surface area (Å²) in [5.74, 6) is 0. The molecular weight excluding hydrogens is 422 g/mol. The van der Waals surface area contributed by atoms with Gasteiger partial charge in [-0.3, -0.25) is 8.61 Å². The highest BCUT2D eigenvalue weighted by Gasteiger charge is 2.24. The molecule has 7 heteroatoms. The molecular formula is C20H16BrN5S. The number of halogens is 1. The molecule has 0 saturated carbocycles. The molecule has 3 heterocycles. The molecule has 2 aromatic carbocycles. The largest absolute Gasteiger partial charge is 0.360 e. The summed E-state index contributed by atoms with van der Waals surface area (Å²) in [6.45, 7) is 0.768. The van der Waals surface area contributed by atoms with Gasteiger partial charge in [-0.15, -0.1) is 11.3 Å². The van der Waals surface area contributed by atoms with Crippen LogP contribution in [0, 0.1) is 0 Å². The van der Waals surface area contributed by atoms with E-state index in [0.29, 0.717) is 0 Å². The molecule has 0 bridgehead atoms. The van der Waals surface area contributed by atoms with Crippen molar-refractivity contribution in [3.63, 3.8) is 0 Å². The Balaban J connectivity index is 1.42. The van der Waals surface area contributed by atoms with Gasteiger partial charge >= 0.3 is 0 Å². The van der Waals surface area contributed by atoms with Crippen LogP contribution in [-0.2, 0) is 6.54 Å². The lowest BCUT2D eigenvalue weighted by Crippen LogP contribution is -2.26. The minimum absolute atomic E-state index is 0.00862. The van der Waals surface area contributed by atoms with Crippen LogP contribution in [0.4, 0.5) is 11.4 Å². The first-order valence-electron chi connectivity index (χ1n) is 8.60. The summed E-state index contributed by atoms with van der Waals surface area (Å²) < 4.78 is 3.95. The molecule has 0 saturated heterocycles. The second-order valence-electron chi connectivity index (χ2n) is 6.37. The zero-order valence-electron chi connectivity index (χ0n) is 14.3. The van der Waals surface area contributed by atoms with E-state index in [2.05, 4.69) is 79.4 Å². The molecule has 1 atom stereocenters. The van der Waals surface area contributed by atoms with E-state index in [-0.39, 0.29) is 6.17 Å². The third-order valence-corrected chi connectivity index (χ3v) is 6.15. The normalized spacial score (nSPS) is 15.9. The Kier molecular flexibility index (Phi) is 4.18. The van der Waals surface area contributed by atoms with Crippen LogP contribution < -0.4 is 5.32 Å². The number of nitrogens with zero attached hydrogens (tertiary/aromatic N) is 4. The third-order valence-electron chi connectivity index (χ3n) is 4.60. The maximum Gasteiger partial charge on any atom is 0.148 e. The maximum atomic E-state index is 4.57. The molecule has 0 aliphatic carbocycles. The average Bonchev–Trinajstić information content (AvgIpc) is 3.32. The Morgan fingerprint density at radius 3 is 2.89 bits per heavy atom. The van der Waals surface area contributed by atoms with Gasteiger partial charge < -0.3 is 5.32 Å². The lowest BCUT2D eigenvalue weighted by Gasteiger charge is -2.28. The first-order chi connectivity index (χ1) is 13.3. The van der Waals surface area contributed by atoms with Gasteiger partial charge in [-0.2, -0.15) is 5.10 Å². The fourth-order valence-electron chi connectivity index (χ4n) is 3.27. The van der Waals surface area contributed by atoms with Gasteiger partial charge in [0, 0.05) is 11.1 Å². The van der Waals surface area contributed by atoms with Gasteiger partial charge in [-0.05, 0) is 35.2 Å². The second kappa shape index (κ2) is 6.83. The highest BCUT2D eigenvalue weighted by Crippen LogP contribution is 2.39. The van der Waals surface area contributed by atoms with Crippen LogP contribution in [-0.4, -0.2) is 20.0 Å². The number of hydrogen-bond acceptors (Lipinski definition) is 5. The molecule has 5 nitrogen and oxygen atoms in total. The summed E-state index contributed by atoms with van der Waals surface area (Å²) in [4.78, 5) is 5.62. The minimum Gasteiger partial charge on any atom is -0.360 e. The Morgan fingerprint density at radius 2 is 2.00 bits per heavy atom. The molecule has 0 fully saturated rings. The van der Waals surface area contributed by atoms with E-state index in [1.54, 1.807) is 17.7 Å². The van der Waals surface area contributed by atoms with Gasteiger partial charge in [-0.25, -0.2) is 4.99 Å². The molecule has 1 aliphatic rings. The summed E-state index contributed by atoms with van der Waals surface area (Å²) in [5.41, 5.74) is 4.43. The Bertz CT molecular complexity index is 1120. The number of rotatable bonds is 4. The van der Waals surface area contributed by atoms with E-state index in [0.717, 1.165) is 28.8 Å². The number of aromatic nitrogens is 2. The lowest BCUT2D eigenvalue weighted by atomic mass is 10.2. The van der Waals surface area contributed by atoms with Crippen molar-refractivity contribution in [1.82, 2.24) is 13.7 Å². The van der Waals surface area contributed by atoms with Crippen LogP contribution in [0.3, 0.4) is 0 Å². The van der Waals surface area contributed by atoms with Crippen molar-refractivity contribution in [2.45, 2.75) is 12.7 Å². The van der Waals surface area contributed by atoms with Crippen molar-refractivity contribution in [2.24, 2.45) is 4.99 Å². The van der Waals surface area contributed by atoms with Crippen molar-refractivity contribution >= 4 is 56.1 Å².